The van der Waals surface area contributed by atoms with Crippen molar-refractivity contribution in [1.29, 1.82) is 0 Å². The highest BCUT2D eigenvalue weighted by molar-refractivity contribution is 5.42. The topological polar surface area (TPSA) is 47.7 Å². The lowest BCUT2D eigenvalue weighted by atomic mass is 9.95. The van der Waals surface area contributed by atoms with E-state index < -0.39 is 0 Å². The van der Waals surface area contributed by atoms with Crippen LogP contribution >= 0.6 is 0 Å². The number of nitrogens with two attached hydrogens (primary N) is 1. The van der Waals surface area contributed by atoms with E-state index in [9.17, 15) is 0 Å². The van der Waals surface area contributed by atoms with E-state index in [-0.39, 0.29) is 0 Å². The van der Waals surface area contributed by atoms with Gasteiger partial charge in [-0.2, -0.15) is 0 Å². The van der Waals surface area contributed by atoms with Crippen LogP contribution in [0.2, 0.25) is 0 Å². The Morgan fingerprint density at radius 2 is 2.15 bits per heavy atom. The third kappa shape index (κ3) is 3.25. The van der Waals surface area contributed by atoms with Crippen molar-refractivity contribution < 1.29 is 9.47 Å². The van der Waals surface area contributed by atoms with Crippen molar-refractivity contribution in [3.05, 3.63) is 23.8 Å². The van der Waals surface area contributed by atoms with E-state index in [1.54, 1.807) is 14.2 Å². The zero-order valence-electron chi connectivity index (χ0n) is 12.8. The molecule has 1 aliphatic rings. The maximum atomic E-state index is 5.83. The molecule has 1 saturated heterocycles. The van der Waals surface area contributed by atoms with Crippen molar-refractivity contribution in [2.75, 3.05) is 33.9 Å². The molecule has 112 valence electrons. The molecule has 0 aliphatic carbocycles. The highest BCUT2D eigenvalue weighted by Crippen LogP contribution is 2.34. The molecular formula is C16H26N2O2. The SMILES string of the molecule is COc1ccc(OC)c(C(C)N2CCCC(CN)C2)c1. The molecule has 1 fully saturated rings. The van der Waals surface area contributed by atoms with Gasteiger partial charge in [-0.15, -0.1) is 0 Å². The second-order valence-electron chi connectivity index (χ2n) is 5.52. The smallest absolute Gasteiger partial charge is 0.123 e. The Kier molecular flexibility index (Phi) is 5.26. The highest BCUT2D eigenvalue weighted by atomic mass is 16.5. The second kappa shape index (κ2) is 6.95. The molecule has 2 atom stereocenters. The molecule has 20 heavy (non-hydrogen) atoms. The van der Waals surface area contributed by atoms with Gasteiger partial charge in [-0.05, 0) is 57.0 Å². The molecule has 0 saturated carbocycles. The summed E-state index contributed by atoms with van der Waals surface area (Å²) in [5.74, 6) is 2.41. The Hall–Kier alpha value is -1.26. The van der Waals surface area contributed by atoms with Gasteiger partial charge in [0.15, 0.2) is 0 Å². The van der Waals surface area contributed by atoms with Gasteiger partial charge in [0.05, 0.1) is 14.2 Å². The van der Waals surface area contributed by atoms with E-state index in [0.29, 0.717) is 12.0 Å². The summed E-state index contributed by atoms with van der Waals surface area (Å²) in [5.41, 5.74) is 7.02. The van der Waals surface area contributed by atoms with Crippen molar-refractivity contribution in [2.45, 2.75) is 25.8 Å². The number of methoxy groups -OCH3 is 2. The average molecular weight is 278 g/mol. The van der Waals surface area contributed by atoms with Crippen LogP contribution < -0.4 is 15.2 Å². The van der Waals surface area contributed by atoms with Crippen LogP contribution in [0, 0.1) is 5.92 Å². The van der Waals surface area contributed by atoms with Crippen molar-refractivity contribution in [3.8, 4) is 11.5 Å². The first-order chi connectivity index (χ1) is 9.69. The number of nitrogens with zero attached hydrogens (tertiary/aromatic N) is 1. The predicted octanol–water partition coefficient (Wildman–Crippen LogP) is 2.44. The van der Waals surface area contributed by atoms with Gasteiger partial charge in [-0.1, -0.05) is 0 Å². The van der Waals surface area contributed by atoms with Crippen LogP contribution in [-0.4, -0.2) is 38.8 Å². The third-order valence-electron chi connectivity index (χ3n) is 4.32. The minimum absolute atomic E-state index is 0.314. The summed E-state index contributed by atoms with van der Waals surface area (Å²) in [6, 6.07) is 6.31. The Balaban J connectivity index is 2.20. The minimum Gasteiger partial charge on any atom is -0.497 e. The zero-order valence-corrected chi connectivity index (χ0v) is 12.8. The van der Waals surface area contributed by atoms with Crippen LogP contribution in [-0.2, 0) is 0 Å². The largest absolute Gasteiger partial charge is 0.497 e. The number of rotatable bonds is 5. The minimum atomic E-state index is 0.314. The monoisotopic (exact) mass is 278 g/mol. The molecule has 0 bridgehead atoms. The Morgan fingerprint density at radius 3 is 2.80 bits per heavy atom. The summed E-state index contributed by atoms with van der Waals surface area (Å²) in [4.78, 5) is 2.50. The molecule has 2 N–H and O–H groups in total. The van der Waals surface area contributed by atoms with Gasteiger partial charge in [-0.3, -0.25) is 4.90 Å². The van der Waals surface area contributed by atoms with Crippen LogP contribution in [0.3, 0.4) is 0 Å². The lowest BCUT2D eigenvalue weighted by Gasteiger charge is -2.37. The molecule has 1 heterocycles. The zero-order chi connectivity index (χ0) is 14.5. The van der Waals surface area contributed by atoms with E-state index in [1.807, 2.05) is 12.1 Å². The fourth-order valence-corrected chi connectivity index (χ4v) is 3.00. The number of hydrogen-bond acceptors (Lipinski definition) is 4. The van der Waals surface area contributed by atoms with Crippen LogP contribution in [0.1, 0.15) is 31.4 Å². The van der Waals surface area contributed by atoms with E-state index in [2.05, 4.69) is 17.9 Å². The molecule has 2 rings (SSSR count). The molecule has 1 aromatic rings. The lowest BCUT2D eigenvalue weighted by Crippen LogP contribution is -2.39. The summed E-state index contributed by atoms with van der Waals surface area (Å²) in [6.45, 7) is 5.20. The summed E-state index contributed by atoms with van der Waals surface area (Å²) >= 11 is 0. The summed E-state index contributed by atoms with van der Waals surface area (Å²) in [7, 11) is 3.42. The van der Waals surface area contributed by atoms with E-state index >= 15 is 0 Å². The predicted molar refractivity (Wildman–Crippen MR) is 81.3 cm³/mol. The fraction of sp³-hybridized carbons (Fsp3) is 0.625. The second-order valence-corrected chi connectivity index (χ2v) is 5.52. The van der Waals surface area contributed by atoms with Crippen molar-refractivity contribution in [2.24, 2.45) is 11.7 Å². The molecule has 4 heteroatoms. The van der Waals surface area contributed by atoms with Crippen molar-refractivity contribution in [3.63, 3.8) is 0 Å². The van der Waals surface area contributed by atoms with Crippen molar-refractivity contribution >= 4 is 0 Å². The maximum Gasteiger partial charge on any atom is 0.123 e. The number of piperidine rings is 1. The van der Waals surface area contributed by atoms with Crippen molar-refractivity contribution in [1.82, 2.24) is 4.90 Å². The summed E-state index contributed by atoms with van der Waals surface area (Å²) < 4.78 is 10.8. The quantitative estimate of drug-likeness (QED) is 0.898. The summed E-state index contributed by atoms with van der Waals surface area (Å²) in [6.07, 6.45) is 2.47. The number of likely N-dealkylation sites (tertiary alicyclic amines) is 1. The molecule has 0 spiro atoms. The third-order valence-corrected chi connectivity index (χ3v) is 4.32. The number of benzene rings is 1. The first-order valence-electron chi connectivity index (χ1n) is 7.35. The molecular weight excluding hydrogens is 252 g/mol. The standard InChI is InChI=1S/C16H26N2O2/c1-12(18-8-4-5-13(10-17)11-18)15-9-14(19-2)6-7-16(15)20-3/h6-7,9,12-13H,4-5,8,10-11,17H2,1-3H3. The Bertz CT molecular complexity index is 436. The van der Waals surface area contributed by atoms with Gasteiger partial charge in [0.25, 0.3) is 0 Å². The van der Waals surface area contributed by atoms with Gasteiger partial charge in [0.1, 0.15) is 11.5 Å². The van der Waals surface area contributed by atoms with E-state index in [1.165, 1.54) is 18.4 Å². The number of hydrogen-bond donors (Lipinski definition) is 1. The first kappa shape index (κ1) is 15.1. The average Bonchev–Trinajstić information content (AvgIpc) is 2.53. The fourth-order valence-electron chi connectivity index (χ4n) is 3.00. The lowest BCUT2D eigenvalue weighted by molar-refractivity contribution is 0.133. The van der Waals surface area contributed by atoms with E-state index in [4.69, 9.17) is 15.2 Å². The van der Waals surface area contributed by atoms with Gasteiger partial charge in [0.2, 0.25) is 0 Å². The molecule has 0 radical (unpaired) electrons. The molecule has 1 aliphatic heterocycles. The normalized spacial score (nSPS) is 21.5. The molecule has 0 amide bonds. The van der Waals surface area contributed by atoms with E-state index in [0.717, 1.165) is 31.1 Å². The first-order valence-corrected chi connectivity index (χ1v) is 7.35. The van der Waals surface area contributed by atoms with Gasteiger partial charge < -0.3 is 15.2 Å². The molecule has 4 nitrogen and oxygen atoms in total. The van der Waals surface area contributed by atoms with Crippen LogP contribution in [0.15, 0.2) is 18.2 Å². The van der Waals surface area contributed by atoms with Gasteiger partial charge in [0, 0.05) is 18.2 Å². The molecule has 2 unspecified atom stereocenters. The number of ether oxygens (including phenoxy) is 2. The molecule has 0 aromatic heterocycles. The maximum absolute atomic E-state index is 5.83. The molecule has 1 aromatic carbocycles. The van der Waals surface area contributed by atoms with Crippen LogP contribution in [0.25, 0.3) is 0 Å². The Labute approximate surface area is 121 Å². The van der Waals surface area contributed by atoms with Crippen LogP contribution in [0.5, 0.6) is 11.5 Å². The Morgan fingerprint density at radius 1 is 1.35 bits per heavy atom. The summed E-state index contributed by atoms with van der Waals surface area (Å²) in [5, 5.41) is 0. The highest BCUT2D eigenvalue weighted by Gasteiger charge is 2.25. The van der Waals surface area contributed by atoms with Gasteiger partial charge >= 0.3 is 0 Å². The van der Waals surface area contributed by atoms with Crippen LogP contribution in [0.4, 0.5) is 0 Å². The van der Waals surface area contributed by atoms with Gasteiger partial charge in [-0.25, -0.2) is 0 Å².